The number of aryl methyl sites for hydroxylation is 1. The number of carbonyl (C=O) groups excluding carboxylic acids is 1. The highest BCUT2D eigenvalue weighted by molar-refractivity contribution is 5.88. The molecule has 3 heteroatoms. The fourth-order valence-electron chi connectivity index (χ4n) is 1.58. The summed E-state index contributed by atoms with van der Waals surface area (Å²) in [6.45, 7) is 1.96. The fraction of sp³-hybridized carbons (Fsp3) is 0.143. The molecule has 0 spiro atoms. The maximum atomic E-state index is 11.0. The quantitative estimate of drug-likeness (QED) is 0.585. The molecule has 1 aromatic heterocycles. The molecule has 0 radical (unpaired) electrons. The second-order valence-corrected chi connectivity index (χ2v) is 3.76. The number of esters is 1. The van der Waals surface area contributed by atoms with Crippen LogP contribution in [0.5, 0.6) is 0 Å². The molecule has 86 valence electrons. The lowest BCUT2D eigenvalue weighted by Crippen LogP contribution is -1.93. The molecule has 0 amide bonds. The van der Waals surface area contributed by atoms with Crippen molar-refractivity contribution in [3.8, 4) is 0 Å². The number of hydrogen-bond donors (Lipinski definition) is 0. The molecule has 3 nitrogen and oxygen atoms in total. The molecule has 1 heterocycles. The fourth-order valence-corrected chi connectivity index (χ4v) is 1.58. The van der Waals surface area contributed by atoms with E-state index in [9.17, 15) is 4.79 Å². The Balaban J connectivity index is 2.35. The van der Waals surface area contributed by atoms with Gasteiger partial charge in [-0.15, -0.1) is 0 Å². The van der Waals surface area contributed by atoms with Crippen molar-refractivity contribution < 1.29 is 9.53 Å². The van der Waals surface area contributed by atoms with Crippen LogP contribution in [0.2, 0.25) is 0 Å². The molecule has 0 atom stereocenters. The molecular weight excluding hydrogens is 214 g/mol. The average Bonchev–Trinajstić information content (AvgIpc) is 2.35. The van der Waals surface area contributed by atoms with Crippen molar-refractivity contribution in [2.45, 2.75) is 6.92 Å². The molecule has 0 saturated heterocycles. The lowest BCUT2D eigenvalue weighted by molar-refractivity contribution is -0.134. The predicted octanol–water partition coefficient (Wildman–Crippen LogP) is 2.73. The molecule has 1 aromatic carbocycles. The van der Waals surface area contributed by atoms with Gasteiger partial charge in [0.1, 0.15) is 0 Å². The van der Waals surface area contributed by atoms with Crippen LogP contribution in [0.3, 0.4) is 0 Å². The van der Waals surface area contributed by atoms with E-state index in [0.717, 1.165) is 22.2 Å². The summed E-state index contributed by atoms with van der Waals surface area (Å²) in [6.07, 6.45) is 3.13. The lowest BCUT2D eigenvalue weighted by atomic mass is 10.1. The van der Waals surface area contributed by atoms with Crippen LogP contribution in [0.1, 0.15) is 11.3 Å². The lowest BCUT2D eigenvalue weighted by Gasteiger charge is -2.00. The number of rotatable bonds is 2. The molecule has 0 saturated carbocycles. The monoisotopic (exact) mass is 227 g/mol. The molecule has 0 aliphatic rings. The van der Waals surface area contributed by atoms with Crippen LogP contribution in [-0.4, -0.2) is 18.1 Å². The smallest absolute Gasteiger partial charge is 0.330 e. The second kappa shape index (κ2) is 4.78. The van der Waals surface area contributed by atoms with Crippen LogP contribution in [0.4, 0.5) is 0 Å². The number of pyridine rings is 1. The van der Waals surface area contributed by atoms with Gasteiger partial charge in [-0.05, 0) is 36.8 Å². The van der Waals surface area contributed by atoms with Gasteiger partial charge >= 0.3 is 5.97 Å². The molecule has 17 heavy (non-hydrogen) atoms. The highest BCUT2D eigenvalue weighted by atomic mass is 16.5. The third-order valence-corrected chi connectivity index (χ3v) is 2.47. The van der Waals surface area contributed by atoms with E-state index in [-0.39, 0.29) is 5.97 Å². The second-order valence-electron chi connectivity index (χ2n) is 3.76. The molecule has 0 fully saturated rings. The normalized spacial score (nSPS) is 10.9. The number of methoxy groups -OCH3 is 1. The zero-order valence-electron chi connectivity index (χ0n) is 9.81. The summed E-state index contributed by atoms with van der Waals surface area (Å²) >= 11 is 0. The van der Waals surface area contributed by atoms with Crippen molar-refractivity contribution in [2.75, 3.05) is 7.11 Å². The maximum Gasteiger partial charge on any atom is 0.330 e. The van der Waals surface area contributed by atoms with Crippen molar-refractivity contribution >= 4 is 22.9 Å². The van der Waals surface area contributed by atoms with Crippen molar-refractivity contribution in [3.63, 3.8) is 0 Å². The highest BCUT2D eigenvalue weighted by Gasteiger charge is 1.97. The minimum atomic E-state index is -0.355. The first kappa shape index (κ1) is 11.3. The summed E-state index contributed by atoms with van der Waals surface area (Å²) in [6, 6.07) is 9.85. The predicted molar refractivity (Wildman–Crippen MR) is 67.5 cm³/mol. The van der Waals surface area contributed by atoms with E-state index in [4.69, 9.17) is 0 Å². The Morgan fingerprint density at radius 1 is 1.29 bits per heavy atom. The molecule has 0 bridgehead atoms. The van der Waals surface area contributed by atoms with Gasteiger partial charge in [0.15, 0.2) is 0 Å². The number of nitrogens with zero attached hydrogens (tertiary/aromatic N) is 1. The zero-order valence-corrected chi connectivity index (χ0v) is 9.81. The third-order valence-electron chi connectivity index (χ3n) is 2.47. The first-order valence-corrected chi connectivity index (χ1v) is 5.32. The van der Waals surface area contributed by atoms with Crippen LogP contribution in [0.25, 0.3) is 17.0 Å². The molecular formula is C14H13NO2. The van der Waals surface area contributed by atoms with Gasteiger partial charge in [0, 0.05) is 17.2 Å². The van der Waals surface area contributed by atoms with Gasteiger partial charge < -0.3 is 4.74 Å². The number of carbonyl (C=O) groups is 1. The maximum absolute atomic E-state index is 11.0. The van der Waals surface area contributed by atoms with Crippen molar-refractivity contribution in [1.82, 2.24) is 4.98 Å². The van der Waals surface area contributed by atoms with Gasteiger partial charge in [-0.2, -0.15) is 0 Å². The van der Waals surface area contributed by atoms with Gasteiger partial charge in [0.2, 0.25) is 0 Å². The third kappa shape index (κ3) is 2.69. The van der Waals surface area contributed by atoms with Gasteiger partial charge in [-0.1, -0.05) is 12.1 Å². The Labute approximate surface area is 99.7 Å². The summed E-state index contributed by atoms with van der Waals surface area (Å²) in [7, 11) is 1.36. The van der Waals surface area contributed by atoms with Crippen LogP contribution in [0, 0.1) is 6.92 Å². The van der Waals surface area contributed by atoms with Crippen LogP contribution in [-0.2, 0) is 9.53 Å². The Morgan fingerprint density at radius 2 is 2.12 bits per heavy atom. The van der Waals surface area contributed by atoms with E-state index >= 15 is 0 Å². The van der Waals surface area contributed by atoms with Gasteiger partial charge in [-0.25, -0.2) is 4.79 Å². The molecule has 0 N–H and O–H groups in total. The van der Waals surface area contributed by atoms with Crippen molar-refractivity contribution in [2.24, 2.45) is 0 Å². The Hall–Kier alpha value is -2.16. The minimum Gasteiger partial charge on any atom is -0.466 e. The Morgan fingerprint density at radius 3 is 2.88 bits per heavy atom. The van der Waals surface area contributed by atoms with Gasteiger partial charge in [0.25, 0.3) is 0 Å². The number of fused-ring (bicyclic) bond motifs is 1. The van der Waals surface area contributed by atoms with Gasteiger partial charge in [-0.3, -0.25) is 4.98 Å². The summed E-state index contributed by atoms with van der Waals surface area (Å²) in [4.78, 5) is 15.4. The average molecular weight is 227 g/mol. The van der Waals surface area contributed by atoms with Crippen molar-refractivity contribution in [1.29, 1.82) is 0 Å². The van der Waals surface area contributed by atoms with Crippen molar-refractivity contribution in [3.05, 3.63) is 47.7 Å². The molecule has 0 unspecified atom stereocenters. The summed E-state index contributed by atoms with van der Waals surface area (Å²) in [5.41, 5.74) is 2.91. The van der Waals surface area contributed by atoms with E-state index in [2.05, 4.69) is 9.72 Å². The van der Waals surface area contributed by atoms with Gasteiger partial charge in [0.05, 0.1) is 12.6 Å². The Kier molecular flexibility index (Phi) is 3.19. The molecule has 0 aliphatic heterocycles. The number of aromatic nitrogens is 1. The van der Waals surface area contributed by atoms with Crippen LogP contribution in [0.15, 0.2) is 36.4 Å². The number of hydrogen-bond acceptors (Lipinski definition) is 3. The van der Waals surface area contributed by atoms with E-state index in [0.29, 0.717) is 0 Å². The number of benzene rings is 1. The molecule has 2 rings (SSSR count). The van der Waals surface area contributed by atoms with E-state index < -0.39 is 0 Å². The van der Waals surface area contributed by atoms with Crippen LogP contribution < -0.4 is 0 Å². The van der Waals surface area contributed by atoms with E-state index in [1.165, 1.54) is 13.2 Å². The largest absolute Gasteiger partial charge is 0.466 e. The zero-order chi connectivity index (χ0) is 12.3. The summed E-state index contributed by atoms with van der Waals surface area (Å²) in [5, 5.41) is 1.06. The van der Waals surface area contributed by atoms with E-state index in [1.807, 2.05) is 37.3 Å². The molecule has 0 aliphatic carbocycles. The Bertz CT molecular complexity index is 588. The highest BCUT2D eigenvalue weighted by Crippen LogP contribution is 2.15. The summed E-state index contributed by atoms with van der Waals surface area (Å²) in [5.74, 6) is -0.355. The van der Waals surface area contributed by atoms with Crippen LogP contribution >= 0.6 is 0 Å². The standard InChI is InChI=1S/C14H13NO2/c1-10-3-6-12-9-11(4-7-13(12)15-10)5-8-14(16)17-2/h3-9H,1-2H3/b8-5-. The number of ether oxygens (including phenoxy) is 1. The first-order valence-electron chi connectivity index (χ1n) is 5.32. The molecule has 2 aromatic rings. The topological polar surface area (TPSA) is 39.2 Å². The SMILES string of the molecule is COC(=O)/C=C\c1ccc2nc(C)ccc2c1. The first-order chi connectivity index (χ1) is 8.19. The van der Waals surface area contributed by atoms with E-state index in [1.54, 1.807) is 6.08 Å². The minimum absolute atomic E-state index is 0.355. The summed E-state index contributed by atoms with van der Waals surface area (Å²) < 4.78 is 4.54.